The van der Waals surface area contributed by atoms with Crippen LogP contribution in [0, 0.1) is 13.8 Å². The van der Waals surface area contributed by atoms with E-state index in [0.717, 1.165) is 24.2 Å². The second-order valence-electron chi connectivity index (χ2n) is 7.16. The highest BCUT2D eigenvalue weighted by Gasteiger charge is 2.21. The normalized spacial score (nSPS) is 14.5. The summed E-state index contributed by atoms with van der Waals surface area (Å²) in [4.78, 5) is 11.3. The average molecular weight is 425 g/mol. The van der Waals surface area contributed by atoms with Crippen LogP contribution in [0.15, 0.2) is 59.5 Å². The number of anilines is 2. The van der Waals surface area contributed by atoms with Gasteiger partial charge in [-0.3, -0.25) is 4.72 Å². The Bertz CT molecular complexity index is 1100. The third kappa shape index (κ3) is 4.29. The molecule has 2 aromatic carbocycles. The zero-order valence-corrected chi connectivity index (χ0v) is 17.8. The molecule has 8 heteroatoms. The summed E-state index contributed by atoms with van der Waals surface area (Å²) < 4.78 is 33.9. The van der Waals surface area contributed by atoms with Gasteiger partial charge < -0.3 is 9.64 Å². The minimum Gasteiger partial charge on any atom is -0.378 e. The Morgan fingerprint density at radius 3 is 2.03 bits per heavy atom. The van der Waals surface area contributed by atoms with Gasteiger partial charge in [-0.15, -0.1) is 0 Å². The van der Waals surface area contributed by atoms with E-state index in [4.69, 9.17) is 4.74 Å². The number of aromatic nitrogens is 2. The first-order valence-electron chi connectivity index (χ1n) is 9.80. The van der Waals surface area contributed by atoms with Crippen molar-refractivity contribution in [2.45, 2.75) is 18.7 Å². The zero-order chi connectivity index (χ0) is 21.1. The molecule has 2 heterocycles. The SMILES string of the molecule is Cc1nc(N2CCOCC2)nc(C)c1NS(=O)(=O)c1ccc(-c2ccccc2)cc1. The number of nitrogens with zero attached hydrogens (tertiary/aromatic N) is 3. The molecule has 7 nitrogen and oxygen atoms in total. The molecular formula is C22H24N4O3S. The average Bonchev–Trinajstić information content (AvgIpc) is 2.77. The molecule has 1 aliphatic heterocycles. The van der Waals surface area contributed by atoms with Crippen molar-refractivity contribution >= 4 is 21.7 Å². The first-order valence-corrected chi connectivity index (χ1v) is 11.3. The number of benzene rings is 2. The minimum atomic E-state index is -3.76. The lowest BCUT2D eigenvalue weighted by atomic mass is 10.1. The van der Waals surface area contributed by atoms with Gasteiger partial charge in [0.15, 0.2) is 0 Å². The van der Waals surface area contributed by atoms with Crippen LogP contribution in [0.1, 0.15) is 11.4 Å². The number of hydrogen-bond acceptors (Lipinski definition) is 6. The fourth-order valence-corrected chi connectivity index (χ4v) is 4.58. The number of nitrogens with one attached hydrogen (secondary N) is 1. The monoisotopic (exact) mass is 424 g/mol. The molecule has 1 aliphatic rings. The molecule has 1 fully saturated rings. The molecule has 1 N–H and O–H groups in total. The fourth-order valence-electron chi connectivity index (χ4n) is 3.40. The lowest BCUT2D eigenvalue weighted by Crippen LogP contribution is -2.37. The third-order valence-electron chi connectivity index (χ3n) is 5.06. The molecule has 1 aromatic heterocycles. The molecule has 0 amide bonds. The van der Waals surface area contributed by atoms with Gasteiger partial charge in [0.05, 0.1) is 35.2 Å². The summed E-state index contributed by atoms with van der Waals surface area (Å²) in [5.74, 6) is 0.600. The van der Waals surface area contributed by atoms with Gasteiger partial charge in [0.2, 0.25) is 5.95 Å². The molecule has 3 aromatic rings. The highest BCUT2D eigenvalue weighted by atomic mass is 32.2. The van der Waals surface area contributed by atoms with Crippen molar-refractivity contribution in [3.63, 3.8) is 0 Å². The summed E-state index contributed by atoms with van der Waals surface area (Å²) in [5, 5.41) is 0. The Hall–Kier alpha value is -2.97. The van der Waals surface area contributed by atoms with Gasteiger partial charge in [0, 0.05) is 13.1 Å². The van der Waals surface area contributed by atoms with E-state index in [1.807, 2.05) is 47.4 Å². The Labute approximate surface area is 176 Å². The molecule has 4 rings (SSSR count). The maximum absolute atomic E-state index is 12.9. The van der Waals surface area contributed by atoms with Crippen LogP contribution in [0.5, 0.6) is 0 Å². The lowest BCUT2D eigenvalue weighted by Gasteiger charge is -2.27. The van der Waals surface area contributed by atoms with Gasteiger partial charge in [0.25, 0.3) is 10.0 Å². The van der Waals surface area contributed by atoms with Crippen molar-refractivity contribution in [1.29, 1.82) is 0 Å². The first kappa shape index (κ1) is 20.3. The summed E-state index contributed by atoms with van der Waals surface area (Å²) in [6, 6.07) is 16.7. The van der Waals surface area contributed by atoms with Crippen LogP contribution in [-0.4, -0.2) is 44.7 Å². The Balaban J connectivity index is 1.57. The van der Waals surface area contributed by atoms with E-state index in [9.17, 15) is 8.42 Å². The highest BCUT2D eigenvalue weighted by molar-refractivity contribution is 7.92. The molecular weight excluding hydrogens is 400 g/mol. The summed E-state index contributed by atoms with van der Waals surface area (Å²) in [6.45, 7) is 6.28. The van der Waals surface area contributed by atoms with Gasteiger partial charge in [-0.1, -0.05) is 42.5 Å². The molecule has 0 aliphatic carbocycles. The van der Waals surface area contributed by atoms with Crippen molar-refractivity contribution < 1.29 is 13.2 Å². The second-order valence-corrected chi connectivity index (χ2v) is 8.85. The van der Waals surface area contributed by atoms with Crippen LogP contribution in [0.2, 0.25) is 0 Å². The number of aryl methyl sites for hydroxylation is 2. The van der Waals surface area contributed by atoms with E-state index >= 15 is 0 Å². The standard InChI is InChI=1S/C22H24N4O3S/c1-16-21(17(2)24-22(23-16)26-12-14-29-15-13-26)25-30(27,28)20-10-8-19(9-11-20)18-6-4-3-5-7-18/h3-11,25H,12-15H2,1-2H3. The highest BCUT2D eigenvalue weighted by Crippen LogP contribution is 2.26. The summed E-state index contributed by atoms with van der Waals surface area (Å²) >= 11 is 0. The zero-order valence-electron chi connectivity index (χ0n) is 17.0. The van der Waals surface area contributed by atoms with Crippen molar-refractivity contribution in [3.05, 3.63) is 66.0 Å². The van der Waals surface area contributed by atoms with Crippen molar-refractivity contribution in [2.24, 2.45) is 0 Å². The topological polar surface area (TPSA) is 84.4 Å². The number of sulfonamides is 1. The number of morpholine rings is 1. The maximum Gasteiger partial charge on any atom is 0.262 e. The molecule has 0 atom stereocenters. The predicted molar refractivity (Wildman–Crippen MR) is 117 cm³/mol. The predicted octanol–water partition coefficient (Wildman–Crippen LogP) is 3.40. The molecule has 156 valence electrons. The van der Waals surface area contributed by atoms with Gasteiger partial charge in [-0.2, -0.15) is 0 Å². The van der Waals surface area contributed by atoms with E-state index in [1.165, 1.54) is 0 Å². The van der Waals surface area contributed by atoms with Crippen LogP contribution in [-0.2, 0) is 14.8 Å². The van der Waals surface area contributed by atoms with Crippen LogP contribution in [0.4, 0.5) is 11.6 Å². The van der Waals surface area contributed by atoms with Crippen LogP contribution in [0.3, 0.4) is 0 Å². The van der Waals surface area contributed by atoms with E-state index in [2.05, 4.69) is 14.7 Å². The van der Waals surface area contributed by atoms with Gasteiger partial charge in [0.1, 0.15) is 0 Å². The smallest absolute Gasteiger partial charge is 0.262 e. The van der Waals surface area contributed by atoms with Gasteiger partial charge >= 0.3 is 0 Å². The Morgan fingerprint density at radius 2 is 1.43 bits per heavy atom. The molecule has 30 heavy (non-hydrogen) atoms. The first-order chi connectivity index (χ1) is 14.4. The molecule has 0 spiro atoms. The summed E-state index contributed by atoms with van der Waals surface area (Å²) in [6.07, 6.45) is 0. The number of ether oxygens (including phenoxy) is 1. The van der Waals surface area contributed by atoms with Crippen LogP contribution in [0.25, 0.3) is 11.1 Å². The van der Waals surface area contributed by atoms with Crippen molar-refractivity contribution in [1.82, 2.24) is 9.97 Å². The van der Waals surface area contributed by atoms with Gasteiger partial charge in [-0.05, 0) is 37.1 Å². The van der Waals surface area contributed by atoms with Crippen LogP contribution < -0.4 is 9.62 Å². The fraction of sp³-hybridized carbons (Fsp3) is 0.273. The number of hydrogen-bond donors (Lipinski definition) is 1. The Morgan fingerprint density at radius 1 is 0.867 bits per heavy atom. The summed E-state index contributed by atoms with van der Waals surface area (Å²) in [7, 11) is -3.76. The number of rotatable bonds is 5. The molecule has 0 bridgehead atoms. The van der Waals surface area contributed by atoms with Crippen molar-refractivity contribution in [2.75, 3.05) is 35.9 Å². The van der Waals surface area contributed by atoms with Crippen LogP contribution >= 0.6 is 0 Å². The third-order valence-corrected chi connectivity index (χ3v) is 6.43. The largest absolute Gasteiger partial charge is 0.378 e. The van der Waals surface area contributed by atoms with E-state index in [1.54, 1.807) is 26.0 Å². The molecule has 0 saturated carbocycles. The molecule has 0 radical (unpaired) electrons. The summed E-state index contributed by atoms with van der Waals surface area (Å²) in [5.41, 5.74) is 3.59. The van der Waals surface area contributed by atoms with E-state index in [-0.39, 0.29) is 4.90 Å². The minimum absolute atomic E-state index is 0.193. The van der Waals surface area contributed by atoms with E-state index < -0.39 is 10.0 Å². The quantitative estimate of drug-likeness (QED) is 0.676. The Kier molecular flexibility index (Phi) is 5.69. The maximum atomic E-state index is 12.9. The second kappa shape index (κ2) is 8.41. The van der Waals surface area contributed by atoms with Gasteiger partial charge in [-0.25, -0.2) is 18.4 Å². The molecule has 0 unspecified atom stereocenters. The van der Waals surface area contributed by atoms with Crippen molar-refractivity contribution in [3.8, 4) is 11.1 Å². The lowest BCUT2D eigenvalue weighted by molar-refractivity contribution is 0.122. The molecule has 1 saturated heterocycles. The van der Waals surface area contributed by atoms with E-state index in [0.29, 0.717) is 36.2 Å².